The zero-order chi connectivity index (χ0) is 11.7. The fourth-order valence-electron chi connectivity index (χ4n) is 1.31. The van der Waals surface area contributed by atoms with E-state index in [0.717, 1.165) is 19.3 Å². The zero-order valence-electron chi connectivity index (χ0n) is 10.4. The predicted octanol–water partition coefficient (Wildman–Crippen LogP) is 2.78. The van der Waals surface area contributed by atoms with Crippen LogP contribution in [-0.2, 0) is 14.3 Å². The van der Waals surface area contributed by atoms with Crippen LogP contribution >= 0.6 is 0 Å². The highest BCUT2D eigenvalue weighted by Crippen LogP contribution is 2.17. The van der Waals surface area contributed by atoms with Crippen molar-refractivity contribution in [2.45, 2.75) is 53.1 Å². The standard InChI is InChI=1S/C10H18O3.C2H6/c1-3-8(2)13-10(11)9-4-6-12-7-5-9;1-2/h8-9H,3-7H2,1-2H3;1-2H3. The van der Waals surface area contributed by atoms with Crippen molar-refractivity contribution in [2.75, 3.05) is 13.2 Å². The van der Waals surface area contributed by atoms with Crippen LogP contribution in [0.15, 0.2) is 0 Å². The van der Waals surface area contributed by atoms with Crippen LogP contribution in [0.25, 0.3) is 0 Å². The van der Waals surface area contributed by atoms with Gasteiger partial charge in [-0.15, -0.1) is 0 Å². The molecule has 1 heterocycles. The lowest BCUT2D eigenvalue weighted by Crippen LogP contribution is -2.27. The molecule has 1 atom stereocenters. The fourth-order valence-corrected chi connectivity index (χ4v) is 1.31. The molecule has 15 heavy (non-hydrogen) atoms. The van der Waals surface area contributed by atoms with Crippen LogP contribution in [0.1, 0.15) is 47.0 Å². The average molecular weight is 216 g/mol. The van der Waals surface area contributed by atoms with Gasteiger partial charge in [-0.1, -0.05) is 20.8 Å². The van der Waals surface area contributed by atoms with E-state index >= 15 is 0 Å². The summed E-state index contributed by atoms with van der Waals surface area (Å²) in [6.07, 6.45) is 2.56. The molecular weight excluding hydrogens is 192 g/mol. The number of hydrogen-bond acceptors (Lipinski definition) is 3. The lowest BCUT2D eigenvalue weighted by atomic mass is 10.0. The molecular formula is C12H24O3. The van der Waals surface area contributed by atoms with Gasteiger partial charge in [0.25, 0.3) is 0 Å². The summed E-state index contributed by atoms with van der Waals surface area (Å²) in [5, 5.41) is 0. The fraction of sp³-hybridized carbons (Fsp3) is 0.917. The van der Waals surface area contributed by atoms with Crippen LogP contribution in [0.4, 0.5) is 0 Å². The van der Waals surface area contributed by atoms with E-state index in [1.165, 1.54) is 0 Å². The molecule has 1 aliphatic heterocycles. The second-order valence-corrected chi connectivity index (χ2v) is 3.54. The topological polar surface area (TPSA) is 35.5 Å². The van der Waals surface area contributed by atoms with Crippen molar-refractivity contribution in [2.24, 2.45) is 5.92 Å². The van der Waals surface area contributed by atoms with Crippen LogP contribution in [0.3, 0.4) is 0 Å². The van der Waals surface area contributed by atoms with Gasteiger partial charge >= 0.3 is 5.97 Å². The van der Waals surface area contributed by atoms with Gasteiger partial charge in [-0.25, -0.2) is 0 Å². The van der Waals surface area contributed by atoms with Crippen LogP contribution in [0.5, 0.6) is 0 Å². The second-order valence-electron chi connectivity index (χ2n) is 3.54. The minimum Gasteiger partial charge on any atom is -0.462 e. The van der Waals surface area contributed by atoms with Crippen molar-refractivity contribution >= 4 is 5.97 Å². The van der Waals surface area contributed by atoms with E-state index in [0.29, 0.717) is 13.2 Å². The average Bonchev–Trinajstić information content (AvgIpc) is 2.32. The summed E-state index contributed by atoms with van der Waals surface area (Å²) < 4.78 is 10.4. The van der Waals surface area contributed by atoms with Crippen molar-refractivity contribution in [1.29, 1.82) is 0 Å². The number of hydrogen-bond donors (Lipinski definition) is 0. The summed E-state index contributed by atoms with van der Waals surface area (Å²) in [4.78, 5) is 11.5. The third kappa shape index (κ3) is 5.78. The number of rotatable bonds is 3. The Morgan fingerprint density at radius 1 is 1.40 bits per heavy atom. The van der Waals surface area contributed by atoms with Gasteiger partial charge in [-0.3, -0.25) is 4.79 Å². The van der Waals surface area contributed by atoms with Crippen molar-refractivity contribution in [3.05, 3.63) is 0 Å². The van der Waals surface area contributed by atoms with Gasteiger partial charge in [0.1, 0.15) is 0 Å². The molecule has 0 saturated carbocycles. The quantitative estimate of drug-likeness (QED) is 0.680. The molecule has 1 unspecified atom stereocenters. The third-order valence-electron chi connectivity index (χ3n) is 2.45. The molecule has 0 aromatic rings. The largest absolute Gasteiger partial charge is 0.462 e. The molecule has 1 aliphatic rings. The Morgan fingerprint density at radius 2 is 1.93 bits per heavy atom. The van der Waals surface area contributed by atoms with Crippen molar-refractivity contribution in [3.63, 3.8) is 0 Å². The van der Waals surface area contributed by atoms with Crippen LogP contribution in [0.2, 0.25) is 0 Å². The molecule has 0 radical (unpaired) electrons. The van der Waals surface area contributed by atoms with E-state index in [4.69, 9.17) is 9.47 Å². The van der Waals surface area contributed by atoms with Gasteiger partial charge < -0.3 is 9.47 Å². The Balaban J connectivity index is 0.000000921. The highest BCUT2D eigenvalue weighted by molar-refractivity contribution is 5.72. The molecule has 0 aliphatic carbocycles. The van der Waals surface area contributed by atoms with Gasteiger partial charge in [-0.2, -0.15) is 0 Å². The first kappa shape index (κ1) is 14.4. The molecule has 1 fully saturated rings. The van der Waals surface area contributed by atoms with Gasteiger partial charge in [0, 0.05) is 13.2 Å². The van der Waals surface area contributed by atoms with Crippen molar-refractivity contribution < 1.29 is 14.3 Å². The smallest absolute Gasteiger partial charge is 0.309 e. The van der Waals surface area contributed by atoms with E-state index in [1.807, 2.05) is 27.7 Å². The highest BCUT2D eigenvalue weighted by Gasteiger charge is 2.23. The molecule has 1 saturated heterocycles. The highest BCUT2D eigenvalue weighted by atomic mass is 16.5. The van der Waals surface area contributed by atoms with E-state index < -0.39 is 0 Å². The molecule has 0 N–H and O–H groups in total. The minimum atomic E-state index is -0.0438. The molecule has 3 heteroatoms. The van der Waals surface area contributed by atoms with Gasteiger partial charge in [0.15, 0.2) is 0 Å². The first-order valence-electron chi connectivity index (χ1n) is 6.02. The summed E-state index contributed by atoms with van der Waals surface area (Å²) in [5.74, 6) is 0.0281. The third-order valence-corrected chi connectivity index (χ3v) is 2.45. The lowest BCUT2D eigenvalue weighted by Gasteiger charge is -2.22. The van der Waals surface area contributed by atoms with Crippen LogP contribution < -0.4 is 0 Å². The summed E-state index contributed by atoms with van der Waals surface area (Å²) in [6, 6.07) is 0. The van der Waals surface area contributed by atoms with Gasteiger partial charge in [0.05, 0.1) is 12.0 Å². The van der Waals surface area contributed by atoms with Crippen LogP contribution in [-0.4, -0.2) is 25.3 Å². The molecule has 0 aromatic carbocycles. The number of ether oxygens (including phenoxy) is 2. The number of esters is 1. The normalized spacial score (nSPS) is 18.7. The van der Waals surface area contributed by atoms with E-state index in [2.05, 4.69) is 0 Å². The minimum absolute atomic E-state index is 0.0438. The van der Waals surface area contributed by atoms with E-state index in [1.54, 1.807) is 0 Å². The molecule has 0 spiro atoms. The monoisotopic (exact) mass is 216 g/mol. The van der Waals surface area contributed by atoms with Crippen LogP contribution in [0, 0.1) is 5.92 Å². The summed E-state index contributed by atoms with van der Waals surface area (Å²) in [6.45, 7) is 9.33. The summed E-state index contributed by atoms with van der Waals surface area (Å²) in [5.41, 5.74) is 0. The molecule has 0 amide bonds. The van der Waals surface area contributed by atoms with Gasteiger partial charge in [-0.05, 0) is 26.2 Å². The Kier molecular flexibility index (Phi) is 8.38. The van der Waals surface area contributed by atoms with Crippen molar-refractivity contribution in [1.82, 2.24) is 0 Å². The maximum Gasteiger partial charge on any atom is 0.309 e. The Hall–Kier alpha value is -0.570. The Labute approximate surface area is 93.1 Å². The maximum atomic E-state index is 11.5. The SMILES string of the molecule is CC.CCC(C)OC(=O)C1CCOCC1. The molecule has 90 valence electrons. The molecule has 1 rings (SSSR count). The molecule has 0 bridgehead atoms. The van der Waals surface area contributed by atoms with E-state index in [-0.39, 0.29) is 18.0 Å². The number of carbonyl (C=O) groups excluding carboxylic acids is 1. The lowest BCUT2D eigenvalue weighted by molar-refractivity contribution is -0.156. The molecule has 0 aromatic heterocycles. The Bertz CT molecular complexity index is 162. The maximum absolute atomic E-state index is 11.5. The first-order valence-corrected chi connectivity index (χ1v) is 6.02. The van der Waals surface area contributed by atoms with E-state index in [9.17, 15) is 4.79 Å². The zero-order valence-corrected chi connectivity index (χ0v) is 10.4. The summed E-state index contributed by atoms with van der Waals surface area (Å²) >= 11 is 0. The number of carbonyl (C=O) groups is 1. The first-order chi connectivity index (χ1) is 7.24. The predicted molar refractivity (Wildman–Crippen MR) is 60.7 cm³/mol. The Morgan fingerprint density at radius 3 is 2.40 bits per heavy atom. The molecule has 3 nitrogen and oxygen atoms in total. The van der Waals surface area contributed by atoms with Gasteiger partial charge in [0.2, 0.25) is 0 Å². The van der Waals surface area contributed by atoms with Crippen molar-refractivity contribution in [3.8, 4) is 0 Å². The summed E-state index contributed by atoms with van der Waals surface area (Å²) in [7, 11) is 0. The second kappa shape index (κ2) is 8.72.